The van der Waals surface area contributed by atoms with Crippen LogP contribution >= 0.6 is 11.3 Å². The van der Waals surface area contributed by atoms with E-state index < -0.39 is 0 Å². The van der Waals surface area contributed by atoms with Crippen molar-refractivity contribution in [2.45, 2.75) is 19.3 Å². The van der Waals surface area contributed by atoms with E-state index in [9.17, 15) is 4.79 Å². The summed E-state index contributed by atoms with van der Waals surface area (Å²) in [7, 11) is 0. The number of hydrogen-bond acceptors (Lipinski definition) is 4. The molecule has 24 heavy (non-hydrogen) atoms. The number of para-hydroxylation sites is 1. The largest absolute Gasteiger partial charge is 0.312 e. The molecular formula is C19H17N3OS. The molecule has 3 heterocycles. The maximum Gasteiger partial charge on any atom is 0.227 e. The van der Waals surface area contributed by atoms with E-state index in [1.54, 1.807) is 17.5 Å². The predicted molar refractivity (Wildman–Crippen MR) is 96.2 cm³/mol. The standard InChI is InChI=1S/C19H17N3OS/c23-19(22-12-10-14-5-1-2-7-17(14)22)9-8-18-21-16(13-24-18)15-6-3-4-11-20-15/h1-7,11,13H,8-10,12H2. The number of benzene rings is 1. The molecule has 0 bridgehead atoms. The second-order valence-corrected chi connectivity index (χ2v) is 6.71. The fourth-order valence-electron chi connectivity index (χ4n) is 3.00. The summed E-state index contributed by atoms with van der Waals surface area (Å²) in [6, 6.07) is 13.9. The maximum atomic E-state index is 12.5. The van der Waals surface area contributed by atoms with Crippen LogP contribution < -0.4 is 4.90 Å². The topological polar surface area (TPSA) is 46.1 Å². The maximum absolute atomic E-state index is 12.5. The molecule has 4 rings (SSSR count). The van der Waals surface area contributed by atoms with Crippen molar-refractivity contribution in [1.29, 1.82) is 0 Å². The zero-order valence-corrected chi connectivity index (χ0v) is 14.0. The fraction of sp³-hybridized carbons (Fsp3) is 0.211. The molecule has 0 radical (unpaired) electrons. The molecule has 1 aliphatic rings. The molecule has 0 aliphatic carbocycles. The minimum Gasteiger partial charge on any atom is -0.312 e. The number of anilines is 1. The number of amides is 1. The minimum atomic E-state index is 0.175. The monoisotopic (exact) mass is 335 g/mol. The number of hydrogen-bond donors (Lipinski definition) is 0. The van der Waals surface area contributed by atoms with Gasteiger partial charge in [0.05, 0.1) is 16.4 Å². The predicted octanol–water partition coefficient (Wildman–Crippen LogP) is 3.73. The summed E-state index contributed by atoms with van der Waals surface area (Å²) in [5.41, 5.74) is 4.09. The van der Waals surface area contributed by atoms with Crippen LogP contribution in [-0.2, 0) is 17.6 Å². The zero-order valence-electron chi connectivity index (χ0n) is 13.2. The van der Waals surface area contributed by atoms with Gasteiger partial charge in [0.2, 0.25) is 5.91 Å². The van der Waals surface area contributed by atoms with Crippen LogP contribution in [0.1, 0.15) is 17.0 Å². The van der Waals surface area contributed by atoms with Gasteiger partial charge in [-0.1, -0.05) is 24.3 Å². The van der Waals surface area contributed by atoms with E-state index in [2.05, 4.69) is 16.0 Å². The Hall–Kier alpha value is -2.53. The third-order valence-corrected chi connectivity index (χ3v) is 5.13. The molecule has 1 aliphatic heterocycles. The van der Waals surface area contributed by atoms with Gasteiger partial charge in [-0.3, -0.25) is 9.78 Å². The lowest BCUT2D eigenvalue weighted by atomic mass is 10.2. The van der Waals surface area contributed by atoms with Crippen LogP contribution in [0, 0.1) is 0 Å². The molecule has 2 aromatic heterocycles. The number of aryl methyl sites for hydroxylation is 1. The summed E-state index contributed by atoms with van der Waals surface area (Å²) in [6.45, 7) is 0.787. The Kier molecular flexibility index (Phi) is 4.09. The molecule has 0 atom stereocenters. The van der Waals surface area contributed by atoms with Crippen molar-refractivity contribution in [3.8, 4) is 11.4 Å². The fourth-order valence-corrected chi connectivity index (χ4v) is 3.80. The number of carbonyl (C=O) groups is 1. The summed E-state index contributed by atoms with van der Waals surface area (Å²) in [5.74, 6) is 0.175. The van der Waals surface area contributed by atoms with E-state index in [0.29, 0.717) is 12.8 Å². The molecule has 5 heteroatoms. The van der Waals surface area contributed by atoms with Crippen LogP contribution in [0.4, 0.5) is 5.69 Å². The Morgan fingerprint density at radius 1 is 1.12 bits per heavy atom. The van der Waals surface area contributed by atoms with Crippen LogP contribution in [-0.4, -0.2) is 22.4 Å². The summed E-state index contributed by atoms with van der Waals surface area (Å²) >= 11 is 1.59. The summed E-state index contributed by atoms with van der Waals surface area (Å²) in [6.07, 6.45) is 3.88. The number of pyridine rings is 1. The second-order valence-electron chi connectivity index (χ2n) is 5.77. The lowest BCUT2D eigenvalue weighted by molar-refractivity contribution is -0.118. The molecule has 0 saturated carbocycles. The summed E-state index contributed by atoms with van der Waals surface area (Å²) in [5, 5.41) is 2.99. The van der Waals surface area contributed by atoms with Gasteiger partial charge < -0.3 is 4.90 Å². The number of thiazole rings is 1. The first-order chi connectivity index (χ1) is 11.8. The summed E-state index contributed by atoms with van der Waals surface area (Å²) < 4.78 is 0. The molecule has 0 spiro atoms. The first-order valence-electron chi connectivity index (χ1n) is 8.05. The van der Waals surface area contributed by atoms with Gasteiger partial charge in [-0.25, -0.2) is 4.98 Å². The van der Waals surface area contributed by atoms with Gasteiger partial charge in [0.25, 0.3) is 0 Å². The van der Waals surface area contributed by atoms with Crippen molar-refractivity contribution in [3.05, 3.63) is 64.6 Å². The molecule has 0 saturated heterocycles. The first-order valence-corrected chi connectivity index (χ1v) is 8.93. The molecule has 1 amide bonds. The zero-order chi connectivity index (χ0) is 16.4. The Balaban J connectivity index is 1.41. The minimum absolute atomic E-state index is 0.175. The van der Waals surface area contributed by atoms with E-state index in [0.717, 1.165) is 35.0 Å². The van der Waals surface area contributed by atoms with Crippen molar-refractivity contribution in [3.63, 3.8) is 0 Å². The van der Waals surface area contributed by atoms with Crippen molar-refractivity contribution >= 4 is 22.9 Å². The van der Waals surface area contributed by atoms with Gasteiger partial charge in [0.15, 0.2) is 0 Å². The van der Waals surface area contributed by atoms with Crippen molar-refractivity contribution < 1.29 is 4.79 Å². The highest BCUT2D eigenvalue weighted by molar-refractivity contribution is 7.09. The lowest BCUT2D eigenvalue weighted by Gasteiger charge is -2.16. The van der Waals surface area contributed by atoms with Gasteiger partial charge in [-0.2, -0.15) is 0 Å². The highest BCUT2D eigenvalue weighted by Crippen LogP contribution is 2.28. The van der Waals surface area contributed by atoms with Crippen molar-refractivity contribution in [2.24, 2.45) is 0 Å². The molecular weight excluding hydrogens is 318 g/mol. The quantitative estimate of drug-likeness (QED) is 0.730. The smallest absolute Gasteiger partial charge is 0.227 e. The van der Waals surface area contributed by atoms with Gasteiger partial charge >= 0.3 is 0 Å². The molecule has 0 N–H and O–H groups in total. The number of fused-ring (bicyclic) bond motifs is 1. The molecule has 120 valence electrons. The van der Waals surface area contributed by atoms with Crippen LogP contribution in [0.25, 0.3) is 11.4 Å². The van der Waals surface area contributed by atoms with Crippen LogP contribution in [0.5, 0.6) is 0 Å². The average molecular weight is 335 g/mol. The van der Waals surface area contributed by atoms with Crippen LogP contribution in [0.3, 0.4) is 0 Å². The molecule has 4 nitrogen and oxygen atoms in total. The Bertz CT molecular complexity index is 860. The Labute approximate surface area is 144 Å². The second kappa shape index (κ2) is 6.53. The van der Waals surface area contributed by atoms with Crippen molar-refractivity contribution in [2.75, 3.05) is 11.4 Å². The Morgan fingerprint density at radius 3 is 2.88 bits per heavy atom. The highest BCUT2D eigenvalue weighted by Gasteiger charge is 2.23. The van der Waals surface area contributed by atoms with E-state index in [1.807, 2.05) is 46.7 Å². The molecule has 0 fully saturated rings. The van der Waals surface area contributed by atoms with E-state index in [4.69, 9.17) is 0 Å². The third kappa shape index (κ3) is 2.95. The number of aromatic nitrogens is 2. The van der Waals surface area contributed by atoms with Crippen LogP contribution in [0.2, 0.25) is 0 Å². The SMILES string of the molecule is O=C(CCc1nc(-c2ccccn2)cs1)N1CCc2ccccc21. The van der Waals surface area contributed by atoms with E-state index in [-0.39, 0.29) is 5.91 Å². The highest BCUT2D eigenvalue weighted by atomic mass is 32.1. The van der Waals surface area contributed by atoms with Gasteiger partial charge in [0.1, 0.15) is 0 Å². The number of rotatable bonds is 4. The number of nitrogens with zero attached hydrogens (tertiary/aromatic N) is 3. The van der Waals surface area contributed by atoms with Gasteiger partial charge in [0, 0.05) is 36.7 Å². The molecule has 3 aromatic rings. The van der Waals surface area contributed by atoms with Gasteiger partial charge in [-0.15, -0.1) is 11.3 Å². The van der Waals surface area contributed by atoms with Crippen molar-refractivity contribution in [1.82, 2.24) is 9.97 Å². The molecule has 0 unspecified atom stereocenters. The van der Waals surface area contributed by atoms with E-state index in [1.165, 1.54) is 5.56 Å². The van der Waals surface area contributed by atoms with E-state index >= 15 is 0 Å². The summed E-state index contributed by atoms with van der Waals surface area (Å²) in [4.78, 5) is 23.4. The number of carbonyl (C=O) groups excluding carboxylic acids is 1. The van der Waals surface area contributed by atoms with Crippen LogP contribution in [0.15, 0.2) is 54.0 Å². The molecule has 1 aromatic carbocycles. The lowest BCUT2D eigenvalue weighted by Crippen LogP contribution is -2.28. The normalized spacial score (nSPS) is 13.1. The third-order valence-electron chi connectivity index (χ3n) is 4.22. The van der Waals surface area contributed by atoms with Gasteiger partial charge in [-0.05, 0) is 30.2 Å². The average Bonchev–Trinajstić information content (AvgIpc) is 3.27. The Morgan fingerprint density at radius 2 is 2.00 bits per heavy atom. The first kappa shape index (κ1) is 15.0.